The Morgan fingerprint density at radius 2 is 2.08 bits per heavy atom. The number of pyridine rings is 1. The van der Waals surface area contributed by atoms with E-state index < -0.39 is 0 Å². The molecule has 0 unspecified atom stereocenters. The van der Waals surface area contributed by atoms with Gasteiger partial charge in [0.1, 0.15) is 17.0 Å². The highest BCUT2D eigenvalue weighted by molar-refractivity contribution is 6.28. The van der Waals surface area contributed by atoms with Gasteiger partial charge in [-0.05, 0) is 17.7 Å². The summed E-state index contributed by atoms with van der Waals surface area (Å²) >= 11 is 6.10. The van der Waals surface area contributed by atoms with Gasteiger partial charge < -0.3 is 18.8 Å². The van der Waals surface area contributed by atoms with Gasteiger partial charge >= 0.3 is 0 Å². The van der Waals surface area contributed by atoms with Crippen molar-refractivity contribution in [3.05, 3.63) is 29.8 Å². The summed E-state index contributed by atoms with van der Waals surface area (Å²) < 4.78 is 16.8. The topological polar surface area (TPSA) is 73.5 Å². The molecule has 4 rings (SSSR count). The number of ether oxygens (including phenoxy) is 2. The number of halogens is 1. The first-order chi connectivity index (χ1) is 11.8. The molecule has 0 radical (unpaired) electrons. The summed E-state index contributed by atoms with van der Waals surface area (Å²) in [6.45, 7) is 2.75. The average Bonchev–Trinajstić information content (AvgIpc) is 3.05. The van der Waals surface area contributed by atoms with Gasteiger partial charge in [-0.1, -0.05) is 0 Å². The van der Waals surface area contributed by atoms with Gasteiger partial charge in [-0.3, -0.25) is 4.98 Å². The minimum atomic E-state index is 0.189. The Hall–Kier alpha value is -2.38. The van der Waals surface area contributed by atoms with E-state index in [0.29, 0.717) is 41.6 Å². The molecule has 0 N–H and O–H groups in total. The van der Waals surface area contributed by atoms with Crippen LogP contribution < -0.4 is 9.64 Å². The van der Waals surface area contributed by atoms with E-state index in [1.807, 2.05) is 6.07 Å². The van der Waals surface area contributed by atoms with Gasteiger partial charge in [0.25, 0.3) is 0 Å². The first-order valence-electron chi connectivity index (χ1n) is 7.54. The van der Waals surface area contributed by atoms with E-state index in [0.717, 1.165) is 18.7 Å². The van der Waals surface area contributed by atoms with Crippen molar-refractivity contribution in [3.63, 3.8) is 0 Å². The average molecular weight is 347 g/mol. The van der Waals surface area contributed by atoms with Gasteiger partial charge in [0.05, 0.1) is 25.9 Å². The Morgan fingerprint density at radius 3 is 2.88 bits per heavy atom. The van der Waals surface area contributed by atoms with Crippen LogP contribution in [0.2, 0.25) is 5.28 Å². The molecule has 1 fully saturated rings. The fourth-order valence-corrected chi connectivity index (χ4v) is 2.93. The van der Waals surface area contributed by atoms with Gasteiger partial charge in [0.15, 0.2) is 11.4 Å². The van der Waals surface area contributed by atoms with Crippen LogP contribution >= 0.6 is 11.6 Å². The monoisotopic (exact) mass is 346 g/mol. The molecule has 0 bridgehead atoms. The number of morpholine rings is 1. The highest BCUT2D eigenvalue weighted by Gasteiger charge is 2.21. The van der Waals surface area contributed by atoms with E-state index in [4.69, 9.17) is 25.5 Å². The number of hydrogen-bond acceptors (Lipinski definition) is 7. The lowest BCUT2D eigenvalue weighted by Gasteiger charge is -2.27. The molecule has 7 nitrogen and oxygen atoms in total. The molecule has 1 aliphatic rings. The van der Waals surface area contributed by atoms with Crippen LogP contribution in [0.15, 0.2) is 28.9 Å². The number of aromatic nitrogens is 3. The van der Waals surface area contributed by atoms with Crippen LogP contribution in [0.25, 0.3) is 22.4 Å². The smallest absolute Gasteiger partial charge is 0.225 e. The molecule has 1 aliphatic heterocycles. The fourth-order valence-electron chi connectivity index (χ4n) is 2.75. The van der Waals surface area contributed by atoms with Crippen molar-refractivity contribution < 1.29 is 13.9 Å². The van der Waals surface area contributed by atoms with Crippen LogP contribution in [-0.4, -0.2) is 48.4 Å². The molecule has 8 heteroatoms. The molecule has 4 heterocycles. The lowest BCUT2D eigenvalue weighted by Crippen LogP contribution is -2.36. The molecule has 0 atom stereocenters. The number of furan rings is 1. The summed E-state index contributed by atoms with van der Waals surface area (Å²) in [5.41, 5.74) is 2.00. The molecular formula is C16H15ClN4O3. The summed E-state index contributed by atoms with van der Waals surface area (Å²) in [6, 6.07) is 3.61. The number of anilines is 1. The van der Waals surface area contributed by atoms with Crippen LogP contribution in [0.4, 0.5) is 5.82 Å². The van der Waals surface area contributed by atoms with Gasteiger partial charge in [0, 0.05) is 31.5 Å². The van der Waals surface area contributed by atoms with E-state index >= 15 is 0 Å². The molecule has 0 aliphatic carbocycles. The first kappa shape index (κ1) is 15.2. The summed E-state index contributed by atoms with van der Waals surface area (Å²) in [5.74, 6) is 1.97. The molecule has 0 amide bonds. The quantitative estimate of drug-likeness (QED) is 0.675. The summed E-state index contributed by atoms with van der Waals surface area (Å²) in [5, 5.41) is 0.189. The largest absolute Gasteiger partial charge is 0.496 e. The molecule has 0 spiro atoms. The van der Waals surface area contributed by atoms with Crippen molar-refractivity contribution in [1.29, 1.82) is 0 Å². The second kappa shape index (κ2) is 6.26. The highest BCUT2D eigenvalue weighted by atomic mass is 35.5. The number of rotatable bonds is 3. The summed E-state index contributed by atoms with van der Waals surface area (Å²) in [6.07, 6.45) is 3.36. The maximum atomic E-state index is 6.10. The molecular weight excluding hydrogens is 332 g/mol. The lowest BCUT2D eigenvalue weighted by molar-refractivity contribution is 0.122. The number of hydrogen-bond donors (Lipinski definition) is 0. The van der Waals surface area contributed by atoms with Gasteiger partial charge in [0.2, 0.25) is 5.28 Å². The van der Waals surface area contributed by atoms with E-state index in [9.17, 15) is 0 Å². The third kappa shape index (κ3) is 2.65. The Bertz CT molecular complexity index is 877. The summed E-state index contributed by atoms with van der Waals surface area (Å²) in [7, 11) is 1.61. The molecule has 0 saturated carbocycles. The van der Waals surface area contributed by atoms with Crippen molar-refractivity contribution in [2.45, 2.75) is 0 Å². The van der Waals surface area contributed by atoms with E-state index in [1.165, 1.54) is 0 Å². The normalized spacial score (nSPS) is 15.0. The third-order valence-corrected chi connectivity index (χ3v) is 4.07. The van der Waals surface area contributed by atoms with Crippen molar-refractivity contribution in [2.75, 3.05) is 38.3 Å². The second-order valence-electron chi connectivity index (χ2n) is 5.32. The number of methoxy groups -OCH3 is 1. The maximum absolute atomic E-state index is 6.10. The highest BCUT2D eigenvalue weighted by Crippen LogP contribution is 2.36. The predicted molar refractivity (Wildman–Crippen MR) is 89.6 cm³/mol. The van der Waals surface area contributed by atoms with Gasteiger partial charge in [-0.15, -0.1) is 0 Å². The molecule has 3 aromatic heterocycles. The Balaban J connectivity index is 1.85. The van der Waals surface area contributed by atoms with Gasteiger partial charge in [-0.2, -0.15) is 4.98 Å². The molecule has 1 saturated heterocycles. The fraction of sp³-hybridized carbons (Fsp3) is 0.312. The molecule has 0 aromatic carbocycles. The van der Waals surface area contributed by atoms with E-state index in [2.05, 4.69) is 19.9 Å². The maximum Gasteiger partial charge on any atom is 0.225 e. The Morgan fingerprint density at radius 1 is 1.25 bits per heavy atom. The second-order valence-corrected chi connectivity index (χ2v) is 5.65. The number of nitrogens with zero attached hydrogens (tertiary/aromatic N) is 4. The number of fused-ring (bicyclic) bond motifs is 1. The SMILES string of the molecule is COc1ccncc1-c1cc2nc(Cl)nc(N3CCOCC3)c2o1. The predicted octanol–water partition coefficient (Wildman–Crippen LogP) is 2.78. The lowest BCUT2D eigenvalue weighted by atomic mass is 10.2. The zero-order valence-electron chi connectivity index (χ0n) is 13.0. The van der Waals surface area contributed by atoms with Crippen LogP contribution in [0.1, 0.15) is 0 Å². The van der Waals surface area contributed by atoms with Crippen molar-refractivity contribution in [1.82, 2.24) is 15.0 Å². The Labute approximate surface area is 143 Å². The minimum absolute atomic E-state index is 0.189. The van der Waals surface area contributed by atoms with Crippen molar-refractivity contribution >= 4 is 28.5 Å². The van der Waals surface area contributed by atoms with Crippen molar-refractivity contribution in [3.8, 4) is 17.1 Å². The first-order valence-corrected chi connectivity index (χ1v) is 7.92. The van der Waals surface area contributed by atoms with Crippen LogP contribution in [0.3, 0.4) is 0 Å². The van der Waals surface area contributed by atoms with Crippen LogP contribution in [0, 0.1) is 0 Å². The van der Waals surface area contributed by atoms with Crippen molar-refractivity contribution in [2.24, 2.45) is 0 Å². The zero-order chi connectivity index (χ0) is 16.5. The molecule has 124 valence electrons. The molecule has 24 heavy (non-hydrogen) atoms. The standard InChI is InChI=1S/C16H15ClN4O3/c1-22-12-2-3-18-9-10(12)13-8-11-14(24-13)15(20-16(17)19-11)21-4-6-23-7-5-21/h2-3,8-9H,4-7H2,1H3. The van der Waals surface area contributed by atoms with E-state index in [-0.39, 0.29) is 5.28 Å². The third-order valence-electron chi connectivity index (χ3n) is 3.90. The van der Waals surface area contributed by atoms with Gasteiger partial charge in [-0.25, -0.2) is 4.98 Å². The summed E-state index contributed by atoms with van der Waals surface area (Å²) in [4.78, 5) is 14.9. The zero-order valence-corrected chi connectivity index (χ0v) is 13.8. The van der Waals surface area contributed by atoms with Crippen LogP contribution in [-0.2, 0) is 4.74 Å². The van der Waals surface area contributed by atoms with E-state index in [1.54, 1.807) is 25.6 Å². The van der Waals surface area contributed by atoms with Crippen LogP contribution in [0.5, 0.6) is 5.75 Å². The minimum Gasteiger partial charge on any atom is -0.496 e. The Kier molecular flexibility index (Phi) is 3.95. The molecule has 3 aromatic rings.